The minimum Gasteiger partial charge on any atom is -0.468 e. The standard InChI is InChI=1S/C14H15ClF3N3O2S/c1-3-4-5-10(12(22)23-2)24-13-20-19-11-9(15)6-8(7-21(11)13)14(16,17)18/h6-7,10H,3-5H2,1-2H3. The number of alkyl halides is 3. The van der Waals surface area contributed by atoms with Crippen LogP contribution in [0, 0.1) is 0 Å². The molecule has 2 heterocycles. The van der Waals surface area contributed by atoms with Gasteiger partial charge >= 0.3 is 12.1 Å². The number of nitrogens with zero attached hydrogens (tertiary/aromatic N) is 3. The van der Waals surface area contributed by atoms with Gasteiger partial charge in [0.2, 0.25) is 0 Å². The summed E-state index contributed by atoms with van der Waals surface area (Å²) < 4.78 is 44.8. The van der Waals surface area contributed by atoms with Crippen molar-refractivity contribution in [1.29, 1.82) is 0 Å². The van der Waals surface area contributed by atoms with Gasteiger partial charge in [-0.2, -0.15) is 13.2 Å². The highest BCUT2D eigenvalue weighted by Crippen LogP contribution is 2.34. The zero-order chi connectivity index (χ0) is 17.9. The molecule has 2 aromatic rings. The van der Waals surface area contributed by atoms with Gasteiger partial charge in [0.1, 0.15) is 5.25 Å². The van der Waals surface area contributed by atoms with Crippen molar-refractivity contribution in [1.82, 2.24) is 14.6 Å². The Balaban J connectivity index is 2.40. The van der Waals surface area contributed by atoms with Crippen LogP contribution in [0.1, 0.15) is 31.7 Å². The first-order chi connectivity index (χ1) is 11.3. The molecule has 2 rings (SSSR count). The first-order valence-corrected chi connectivity index (χ1v) is 8.39. The fourth-order valence-corrected chi connectivity index (χ4v) is 3.36. The summed E-state index contributed by atoms with van der Waals surface area (Å²) in [7, 11) is 1.27. The molecular formula is C14H15ClF3N3O2S. The van der Waals surface area contributed by atoms with E-state index in [4.69, 9.17) is 16.3 Å². The number of rotatable bonds is 6. The molecule has 10 heteroatoms. The smallest absolute Gasteiger partial charge is 0.417 e. The molecule has 2 aromatic heterocycles. The van der Waals surface area contributed by atoms with Gasteiger partial charge in [-0.05, 0) is 12.5 Å². The number of methoxy groups -OCH3 is 1. The van der Waals surface area contributed by atoms with Crippen LogP contribution in [0.3, 0.4) is 0 Å². The number of fused-ring (bicyclic) bond motifs is 1. The number of carbonyl (C=O) groups excluding carboxylic acids is 1. The van der Waals surface area contributed by atoms with E-state index in [1.807, 2.05) is 6.92 Å². The fraction of sp³-hybridized carbons (Fsp3) is 0.500. The van der Waals surface area contributed by atoms with Crippen LogP contribution in [0.5, 0.6) is 0 Å². The average molecular weight is 382 g/mol. The zero-order valence-electron chi connectivity index (χ0n) is 12.9. The second kappa shape index (κ2) is 7.60. The van der Waals surface area contributed by atoms with Crippen molar-refractivity contribution in [3.05, 3.63) is 22.8 Å². The summed E-state index contributed by atoms with van der Waals surface area (Å²) in [4.78, 5) is 11.9. The molecule has 0 radical (unpaired) electrons. The number of aromatic nitrogens is 3. The summed E-state index contributed by atoms with van der Waals surface area (Å²) in [6, 6.07) is 0.800. The molecule has 1 unspecified atom stereocenters. The van der Waals surface area contributed by atoms with E-state index < -0.39 is 23.0 Å². The first-order valence-electron chi connectivity index (χ1n) is 7.13. The predicted octanol–water partition coefficient (Wildman–Crippen LogP) is 4.23. The van der Waals surface area contributed by atoms with Crippen molar-refractivity contribution >= 4 is 35.0 Å². The van der Waals surface area contributed by atoms with Gasteiger partial charge in [0, 0.05) is 6.20 Å². The molecule has 0 bridgehead atoms. The molecule has 0 saturated heterocycles. The number of thioether (sulfide) groups is 1. The Labute approximate surface area is 145 Å². The molecule has 0 aliphatic rings. The molecule has 5 nitrogen and oxygen atoms in total. The zero-order valence-corrected chi connectivity index (χ0v) is 14.5. The summed E-state index contributed by atoms with van der Waals surface area (Å²) >= 11 is 6.88. The summed E-state index contributed by atoms with van der Waals surface area (Å²) in [6.45, 7) is 1.97. The second-order valence-electron chi connectivity index (χ2n) is 5.02. The minimum atomic E-state index is -4.55. The highest BCUT2D eigenvalue weighted by Gasteiger charge is 2.32. The van der Waals surface area contributed by atoms with E-state index in [0.717, 1.165) is 41.3 Å². The summed E-state index contributed by atoms with van der Waals surface area (Å²) in [5.41, 5.74) is -0.809. The Morgan fingerprint density at radius 2 is 2.17 bits per heavy atom. The maximum atomic E-state index is 13.0. The van der Waals surface area contributed by atoms with Crippen LogP contribution >= 0.6 is 23.4 Å². The highest BCUT2D eigenvalue weighted by molar-refractivity contribution is 8.00. The van der Waals surface area contributed by atoms with Gasteiger partial charge in [-0.1, -0.05) is 43.1 Å². The highest BCUT2D eigenvalue weighted by atomic mass is 35.5. The van der Waals surface area contributed by atoms with E-state index in [2.05, 4.69) is 10.2 Å². The number of halogens is 4. The summed E-state index contributed by atoms with van der Waals surface area (Å²) in [5, 5.41) is 7.08. The molecule has 1 atom stereocenters. The number of hydrogen-bond acceptors (Lipinski definition) is 5. The number of pyridine rings is 1. The van der Waals surface area contributed by atoms with Gasteiger partial charge in [-0.25, -0.2) is 0 Å². The van der Waals surface area contributed by atoms with Crippen LogP contribution in [-0.4, -0.2) is 32.9 Å². The molecule has 0 saturated carbocycles. The second-order valence-corrected chi connectivity index (χ2v) is 6.60. The van der Waals surface area contributed by atoms with Crippen LogP contribution in [0.15, 0.2) is 17.4 Å². The molecule has 0 N–H and O–H groups in total. The lowest BCUT2D eigenvalue weighted by atomic mass is 10.2. The number of esters is 1. The van der Waals surface area contributed by atoms with E-state index >= 15 is 0 Å². The van der Waals surface area contributed by atoms with Gasteiger partial charge < -0.3 is 4.74 Å². The van der Waals surface area contributed by atoms with Crippen molar-refractivity contribution < 1.29 is 22.7 Å². The van der Waals surface area contributed by atoms with Crippen molar-refractivity contribution in [2.45, 2.75) is 42.8 Å². The maximum absolute atomic E-state index is 13.0. The third-order valence-electron chi connectivity index (χ3n) is 3.29. The lowest BCUT2D eigenvalue weighted by Gasteiger charge is -2.13. The lowest BCUT2D eigenvalue weighted by molar-refractivity contribution is -0.140. The van der Waals surface area contributed by atoms with Crippen molar-refractivity contribution in [3.63, 3.8) is 0 Å². The van der Waals surface area contributed by atoms with Gasteiger partial charge in [0.15, 0.2) is 10.8 Å². The van der Waals surface area contributed by atoms with Crippen molar-refractivity contribution in [2.24, 2.45) is 0 Å². The minimum absolute atomic E-state index is 0.103. The van der Waals surface area contributed by atoms with Crippen LogP contribution in [-0.2, 0) is 15.7 Å². The first kappa shape index (κ1) is 18.9. The van der Waals surface area contributed by atoms with Gasteiger partial charge in [0.05, 0.1) is 17.7 Å². The molecule has 0 amide bonds. The van der Waals surface area contributed by atoms with Gasteiger partial charge in [-0.3, -0.25) is 9.20 Å². The topological polar surface area (TPSA) is 56.5 Å². The Morgan fingerprint density at radius 3 is 2.75 bits per heavy atom. The number of unbranched alkanes of at least 4 members (excludes halogenated alkanes) is 1. The van der Waals surface area contributed by atoms with E-state index in [-0.39, 0.29) is 15.8 Å². The van der Waals surface area contributed by atoms with Crippen LogP contribution in [0.4, 0.5) is 13.2 Å². The summed E-state index contributed by atoms with van der Waals surface area (Å²) in [5.74, 6) is -0.455. The third-order valence-corrected chi connectivity index (χ3v) is 4.77. The van der Waals surface area contributed by atoms with Crippen molar-refractivity contribution in [2.75, 3.05) is 7.11 Å². The van der Waals surface area contributed by atoms with Crippen LogP contribution in [0.2, 0.25) is 5.02 Å². The quantitative estimate of drug-likeness (QED) is 0.553. The lowest BCUT2D eigenvalue weighted by Crippen LogP contribution is -2.19. The molecule has 0 spiro atoms. The average Bonchev–Trinajstić information content (AvgIpc) is 2.93. The molecule has 132 valence electrons. The molecule has 0 aromatic carbocycles. The van der Waals surface area contributed by atoms with Crippen LogP contribution < -0.4 is 0 Å². The number of ether oxygens (including phenoxy) is 1. The molecule has 0 aliphatic carbocycles. The number of carbonyl (C=O) groups is 1. The Kier molecular flexibility index (Phi) is 5.97. The SMILES string of the molecule is CCCCC(Sc1nnc2c(Cl)cc(C(F)(F)F)cn12)C(=O)OC. The summed E-state index contributed by atoms with van der Waals surface area (Å²) in [6.07, 6.45) is -1.50. The molecule has 0 aliphatic heterocycles. The fourth-order valence-electron chi connectivity index (χ4n) is 2.04. The largest absolute Gasteiger partial charge is 0.468 e. The third kappa shape index (κ3) is 4.13. The van der Waals surface area contributed by atoms with Gasteiger partial charge in [0.25, 0.3) is 0 Å². The Morgan fingerprint density at radius 1 is 1.46 bits per heavy atom. The maximum Gasteiger partial charge on any atom is 0.417 e. The molecule has 24 heavy (non-hydrogen) atoms. The monoisotopic (exact) mass is 381 g/mol. The normalized spacial score (nSPS) is 13.2. The van der Waals surface area contributed by atoms with E-state index in [1.54, 1.807) is 0 Å². The van der Waals surface area contributed by atoms with E-state index in [1.165, 1.54) is 7.11 Å². The van der Waals surface area contributed by atoms with E-state index in [0.29, 0.717) is 6.42 Å². The molecule has 0 fully saturated rings. The predicted molar refractivity (Wildman–Crippen MR) is 84.2 cm³/mol. The van der Waals surface area contributed by atoms with Gasteiger partial charge in [-0.15, -0.1) is 10.2 Å². The Bertz CT molecular complexity index is 736. The van der Waals surface area contributed by atoms with Crippen molar-refractivity contribution in [3.8, 4) is 0 Å². The molecular weight excluding hydrogens is 367 g/mol. The number of hydrogen-bond donors (Lipinski definition) is 0. The van der Waals surface area contributed by atoms with Crippen LogP contribution in [0.25, 0.3) is 5.65 Å². The van der Waals surface area contributed by atoms with E-state index in [9.17, 15) is 18.0 Å². The Hall–Kier alpha value is -1.48.